The fourth-order valence-corrected chi connectivity index (χ4v) is 11.1. The Morgan fingerprint density at radius 3 is 1.83 bits per heavy atom. The van der Waals surface area contributed by atoms with E-state index in [4.69, 9.17) is 4.99 Å². The van der Waals surface area contributed by atoms with E-state index in [1.807, 2.05) is 11.8 Å². The Balaban J connectivity index is 1.14. The van der Waals surface area contributed by atoms with Gasteiger partial charge in [0.05, 0.1) is 38.0 Å². The Hall–Kier alpha value is -6.04. The van der Waals surface area contributed by atoms with Crippen molar-refractivity contribution in [3.8, 4) is 5.69 Å². The summed E-state index contributed by atoms with van der Waals surface area (Å²) >= 11 is 1.96. The van der Waals surface area contributed by atoms with Crippen molar-refractivity contribution in [3.63, 3.8) is 0 Å². The molecule has 0 saturated heterocycles. The number of para-hydroxylation sites is 4. The topological polar surface area (TPSA) is 27.1 Å². The molecule has 2 aliphatic heterocycles. The van der Waals surface area contributed by atoms with Crippen LogP contribution in [0.4, 0.5) is 0 Å². The number of aromatic nitrogens is 3. The number of hydrogen-bond acceptors (Lipinski definition) is 2. The van der Waals surface area contributed by atoms with Crippen LogP contribution in [-0.4, -0.2) is 24.3 Å². The largest absolute Gasteiger partial charge is 0.309 e. The van der Waals surface area contributed by atoms with Crippen LogP contribution in [0.25, 0.3) is 72.1 Å². The summed E-state index contributed by atoms with van der Waals surface area (Å²) in [6, 6.07) is 51.2. The van der Waals surface area contributed by atoms with E-state index in [0.717, 1.165) is 24.5 Å². The molecule has 53 heavy (non-hydrogen) atoms. The van der Waals surface area contributed by atoms with Gasteiger partial charge in [0.1, 0.15) is 11.7 Å². The summed E-state index contributed by atoms with van der Waals surface area (Å²) in [6.45, 7) is 2.41. The predicted octanol–water partition coefficient (Wildman–Crippen LogP) is 12.2. The van der Waals surface area contributed by atoms with E-state index in [1.54, 1.807) is 0 Å². The highest BCUT2D eigenvalue weighted by atomic mass is 32.2. The third kappa shape index (κ3) is 3.95. The first-order chi connectivity index (χ1) is 26.2. The summed E-state index contributed by atoms with van der Waals surface area (Å²) in [7, 11) is 0. The van der Waals surface area contributed by atoms with Crippen molar-refractivity contribution in [1.29, 1.82) is 0 Å². The van der Waals surface area contributed by atoms with Gasteiger partial charge in [-0.2, -0.15) is 0 Å². The number of aliphatic imine (C=N–C) groups is 1. The maximum atomic E-state index is 5.82. The van der Waals surface area contributed by atoms with E-state index in [-0.39, 0.29) is 10.7 Å². The molecule has 0 bridgehead atoms. The van der Waals surface area contributed by atoms with Crippen LogP contribution < -0.4 is 0 Å². The average Bonchev–Trinajstić information content (AvgIpc) is 3.92. The molecule has 12 rings (SSSR count). The molecule has 4 nitrogen and oxygen atoms in total. The molecule has 5 heterocycles. The van der Waals surface area contributed by atoms with Gasteiger partial charge in [-0.3, -0.25) is 9.13 Å². The van der Waals surface area contributed by atoms with Crippen LogP contribution in [0, 0.1) is 0 Å². The van der Waals surface area contributed by atoms with Gasteiger partial charge < -0.3 is 4.57 Å². The minimum atomic E-state index is -0.317. The first kappa shape index (κ1) is 29.5. The molecule has 0 spiro atoms. The van der Waals surface area contributed by atoms with Crippen LogP contribution in [0.15, 0.2) is 162 Å². The molecule has 0 saturated carbocycles. The second-order valence-electron chi connectivity index (χ2n) is 14.8. The summed E-state index contributed by atoms with van der Waals surface area (Å²) < 4.78 is 7.03. The number of thioether (sulfide) groups is 1. The maximum Gasteiger partial charge on any atom is 0.136 e. The minimum absolute atomic E-state index is 0.142. The number of fused-ring (bicyclic) bond motifs is 12. The molecule has 1 aliphatic carbocycles. The SMILES string of the molecule is CC12Sc3ccccc3C1C=C(n1c3ccccc3c3ccccc31)N=C2n1c2c(c3cc(-n4c5ccccc5c5ccccc54)ccc31)CCC=C2. The van der Waals surface area contributed by atoms with Gasteiger partial charge in [-0.15, -0.1) is 11.8 Å². The second kappa shape index (κ2) is 10.8. The van der Waals surface area contributed by atoms with Crippen molar-refractivity contribution < 1.29 is 0 Å². The van der Waals surface area contributed by atoms with E-state index in [9.17, 15) is 0 Å². The number of aryl methyl sites for hydroxylation is 1. The smallest absolute Gasteiger partial charge is 0.136 e. The van der Waals surface area contributed by atoms with Crippen molar-refractivity contribution in [3.05, 3.63) is 168 Å². The van der Waals surface area contributed by atoms with Gasteiger partial charge in [-0.25, -0.2) is 4.99 Å². The summed E-state index contributed by atoms with van der Waals surface area (Å²) in [4.78, 5) is 7.16. The third-order valence-corrected chi connectivity index (χ3v) is 13.4. The molecule has 6 aromatic carbocycles. The molecule has 3 aromatic heterocycles. The highest BCUT2D eigenvalue weighted by Gasteiger charge is 2.50. The van der Waals surface area contributed by atoms with E-state index in [0.29, 0.717) is 0 Å². The lowest BCUT2D eigenvalue weighted by atomic mass is 9.84. The zero-order valence-electron chi connectivity index (χ0n) is 29.2. The molecule has 0 radical (unpaired) electrons. The van der Waals surface area contributed by atoms with Crippen LogP contribution in [-0.2, 0) is 6.42 Å². The van der Waals surface area contributed by atoms with Crippen LogP contribution >= 0.6 is 11.8 Å². The number of rotatable bonds is 2. The monoisotopic (exact) mass is 698 g/mol. The van der Waals surface area contributed by atoms with Crippen LogP contribution in [0.2, 0.25) is 0 Å². The highest BCUT2D eigenvalue weighted by Crippen LogP contribution is 2.58. The molecule has 0 N–H and O–H groups in total. The zero-order valence-corrected chi connectivity index (χ0v) is 30.0. The van der Waals surface area contributed by atoms with Gasteiger partial charge in [0.15, 0.2) is 0 Å². The molecule has 0 amide bonds. The molecule has 5 heteroatoms. The fraction of sp³-hybridized carbons (Fsp3) is 0.104. The first-order valence-electron chi connectivity index (χ1n) is 18.6. The van der Waals surface area contributed by atoms with Gasteiger partial charge in [0, 0.05) is 43.4 Å². The quantitative estimate of drug-likeness (QED) is 0.177. The number of nitrogens with zero attached hydrogens (tertiary/aromatic N) is 4. The third-order valence-electron chi connectivity index (χ3n) is 11.9. The zero-order chi connectivity index (χ0) is 34.8. The molecule has 2 atom stereocenters. The second-order valence-corrected chi connectivity index (χ2v) is 16.3. The normalized spacial score (nSPS) is 19.2. The molecule has 2 unspecified atom stereocenters. The lowest BCUT2D eigenvalue weighted by molar-refractivity contribution is 0.708. The molecule has 0 fully saturated rings. The Morgan fingerprint density at radius 2 is 1.17 bits per heavy atom. The van der Waals surface area contributed by atoms with Crippen molar-refractivity contribution in [2.75, 3.05) is 0 Å². The van der Waals surface area contributed by atoms with Crippen molar-refractivity contribution >= 4 is 84.0 Å². The van der Waals surface area contributed by atoms with Crippen molar-refractivity contribution in [1.82, 2.24) is 13.7 Å². The van der Waals surface area contributed by atoms with Crippen molar-refractivity contribution in [2.24, 2.45) is 4.99 Å². The highest BCUT2D eigenvalue weighted by molar-refractivity contribution is 8.01. The Bertz CT molecular complexity index is 3020. The fourth-order valence-electron chi connectivity index (χ4n) is 9.62. The lowest BCUT2D eigenvalue weighted by Gasteiger charge is -2.36. The molecule has 3 aliphatic rings. The van der Waals surface area contributed by atoms with E-state index in [2.05, 4.69) is 178 Å². The number of allylic oxidation sites excluding steroid dienone is 2. The van der Waals surface area contributed by atoms with Crippen LogP contribution in [0.1, 0.15) is 36.1 Å². The Morgan fingerprint density at radius 1 is 0.604 bits per heavy atom. The van der Waals surface area contributed by atoms with E-state index < -0.39 is 0 Å². The predicted molar refractivity (Wildman–Crippen MR) is 224 cm³/mol. The number of hydrogen-bond donors (Lipinski definition) is 0. The van der Waals surface area contributed by atoms with Gasteiger partial charge >= 0.3 is 0 Å². The minimum Gasteiger partial charge on any atom is -0.309 e. The molecular formula is C48H34N4S. The standard InChI is InChI=1S/C48H34N4S/c1-48-38(36-19-7-13-25-45(36)53-48)29-46(51-41-22-10-4-16-33(41)34-17-5-11-23-42(34)51)49-47(48)52-43-24-12-6-18-35(43)37-28-30(26-27-44(37)52)50-39-20-8-2-14-31(39)32-15-3-9-21-40(32)50/h2-5,7-17,19-29,38H,6,18H2,1H3. The molecular weight excluding hydrogens is 665 g/mol. The lowest BCUT2D eigenvalue weighted by Crippen LogP contribution is -2.42. The summed E-state index contributed by atoms with van der Waals surface area (Å²) in [5.41, 5.74) is 11.3. The van der Waals surface area contributed by atoms with Crippen LogP contribution in [0.5, 0.6) is 0 Å². The summed E-state index contributed by atoms with van der Waals surface area (Å²) in [5.74, 6) is 2.21. The molecule has 252 valence electrons. The molecule has 9 aromatic rings. The van der Waals surface area contributed by atoms with Gasteiger partial charge in [-0.1, -0.05) is 97.1 Å². The summed E-state index contributed by atoms with van der Waals surface area (Å²) in [6.07, 6.45) is 9.17. The van der Waals surface area contributed by atoms with Gasteiger partial charge in [-0.05, 0) is 91.6 Å². The van der Waals surface area contributed by atoms with Crippen molar-refractivity contribution in [2.45, 2.75) is 35.3 Å². The van der Waals surface area contributed by atoms with Gasteiger partial charge in [0.25, 0.3) is 0 Å². The summed E-state index contributed by atoms with van der Waals surface area (Å²) in [5, 5.41) is 6.37. The van der Waals surface area contributed by atoms with E-state index >= 15 is 0 Å². The number of benzene rings is 6. The van der Waals surface area contributed by atoms with Gasteiger partial charge in [0.2, 0.25) is 0 Å². The Labute approximate surface area is 311 Å². The maximum absolute atomic E-state index is 5.82. The first-order valence-corrected chi connectivity index (χ1v) is 19.4. The Kier molecular flexibility index (Phi) is 5.99. The average molecular weight is 699 g/mol. The van der Waals surface area contributed by atoms with Crippen LogP contribution in [0.3, 0.4) is 0 Å². The van der Waals surface area contributed by atoms with E-state index in [1.165, 1.54) is 81.9 Å².